The van der Waals surface area contributed by atoms with Gasteiger partial charge in [0.05, 0.1) is 22.2 Å². The van der Waals surface area contributed by atoms with E-state index in [-0.39, 0.29) is 16.6 Å². The van der Waals surface area contributed by atoms with Gasteiger partial charge in [0.1, 0.15) is 0 Å². The van der Waals surface area contributed by atoms with Crippen molar-refractivity contribution in [2.45, 2.75) is 6.54 Å². The number of nitro benzene ring substituents is 1. The van der Waals surface area contributed by atoms with Crippen LogP contribution in [-0.2, 0) is 6.54 Å². The second-order valence-electron chi connectivity index (χ2n) is 4.50. The summed E-state index contributed by atoms with van der Waals surface area (Å²) in [6.45, 7) is 1.19. The fraction of sp³-hybridized carbons (Fsp3) is 0.333. The molecule has 19 heavy (non-hydrogen) atoms. The van der Waals surface area contributed by atoms with Crippen molar-refractivity contribution in [2.24, 2.45) is 0 Å². The molecule has 7 heteroatoms. The molecule has 0 unspecified atom stereocenters. The Labute approximate surface area is 109 Å². The van der Waals surface area contributed by atoms with Gasteiger partial charge in [-0.1, -0.05) is 0 Å². The molecule has 1 heterocycles. The molecule has 0 saturated heterocycles. The molecule has 1 aromatic heterocycles. The summed E-state index contributed by atoms with van der Waals surface area (Å²) < 4.78 is 1.46. The largest absolute Gasteiger partial charge is 0.308 e. The number of rotatable bonds is 4. The lowest BCUT2D eigenvalue weighted by Gasteiger charge is -2.11. The SMILES string of the molecule is CN(C)CCn1cnc2ccc([N+](=O)[O-])cc2c1=O. The van der Waals surface area contributed by atoms with Gasteiger partial charge in [0.15, 0.2) is 0 Å². The summed E-state index contributed by atoms with van der Waals surface area (Å²) >= 11 is 0. The van der Waals surface area contributed by atoms with Crippen LogP contribution in [-0.4, -0.2) is 40.0 Å². The van der Waals surface area contributed by atoms with Gasteiger partial charge < -0.3 is 4.90 Å². The van der Waals surface area contributed by atoms with Crippen molar-refractivity contribution in [3.8, 4) is 0 Å². The van der Waals surface area contributed by atoms with E-state index in [1.54, 1.807) is 0 Å². The van der Waals surface area contributed by atoms with Crippen LogP contribution in [0.4, 0.5) is 5.69 Å². The molecule has 7 nitrogen and oxygen atoms in total. The number of likely N-dealkylation sites (N-methyl/N-ethyl adjacent to an activating group) is 1. The maximum atomic E-state index is 12.2. The molecule has 0 spiro atoms. The van der Waals surface area contributed by atoms with Crippen molar-refractivity contribution in [1.82, 2.24) is 14.5 Å². The Balaban J connectivity index is 2.49. The first-order valence-corrected chi connectivity index (χ1v) is 5.77. The normalized spacial score (nSPS) is 11.1. The Morgan fingerprint density at radius 3 is 2.79 bits per heavy atom. The molecule has 0 atom stereocenters. The van der Waals surface area contributed by atoms with Crippen LogP contribution in [0, 0.1) is 10.1 Å². The molecule has 0 amide bonds. The number of hydrogen-bond donors (Lipinski definition) is 0. The zero-order chi connectivity index (χ0) is 14.0. The van der Waals surface area contributed by atoms with Gasteiger partial charge in [-0.25, -0.2) is 4.98 Å². The number of hydrogen-bond acceptors (Lipinski definition) is 5. The smallest absolute Gasteiger partial charge is 0.270 e. The third-order valence-electron chi connectivity index (χ3n) is 2.81. The van der Waals surface area contributed by atoms with Gasteiger partial charge >= 0.3 is 0 Å². The second-order valence-corrected chi connectivity index (χ2v) is 4.50. The van der Waals surface area contributed by atoms with Crippen LogP contribution in [0.3, 0.4) is 0 Å². The number of fused-ring (bicyclic) bond motifs is 1. The van der Waals surface area contributed by atoms with Gasteiger partial charge in [0.25, 0.3) is 11.2 Å². The summed E-state index contributed by atoms with van der Waals surface area (Å²) in [5.74, 6) is 0. The number of benzene rings is 1. The first-order valence-electron chi connectivity index (χ1n) is 5.77. The first-order chi connectivity index (χ1) is 8.99. The van der Waals surface area contributed by atoms with E-state index in [1.165, 1.54) is 29.1 Å². The lowest BCUT2D eigenvalue weighted by Crippen LogP contribution is -2.26. The molecule has 0 fully saturated rings. The molecular weight excluding hydrogens is 248 g/mol. The summed E-state index contributed by atoms with van der Waals surface area (Å²) in [6, 6.07) is 4.11. The van der Waals surface area contributed by atoms with E-state index in [2.05, 4.69) is 4.98 Å². The molecule has 0 bridgehead atoms. The highest BCUT2D eigenvalue weighted by atomic mass is 16.6. The zero-order valence-corrected chi connectivity index (χ0v) is 10.7. The maximum absolute atomic E-state index is 12.2. The number of aromatic nitrogens is 2. The van der Waals surface area contributed by atoms with E-state index in [4.69, 9.17) is 0 Å². The van der Waals surface area contributed by atoms with Gasteiger partial charge in [-0.2, -0.15) is 0 Å². The minimum Gasteiger partial charge on any atom is -0.308 e. The number of non-ortho nitro benzene ring substituents is 1. The van der Waals surface area contributed by atoms with Gasteiger partial charge in [-0.15, -0.1) is 0 Å². The topological polar surface area (TPSA) is 81.3 Å². The molecule has 1 aromatic carbocycles. The number of nitrogens with zero attached hydrogens (tertiary/aromatic N) is 4. The van der Waals surface area contributed by atoms with Gasteiger partial charge in [-0.3, -0.25) is 19.5 Å². The molecule has 0 saturated carbocycles. The predicted octanol–water partition coefficient (Wildman–Crippen LogP) is 0.866. The standard InChI is InChI=1S/C12H14N4O3/c1-14(2)5-6-15-8-13-11-4-3-9(16(18)19)7-10(11)12(15)17/h3-4,7-8H,5-6H2,1-2H3. The van der Waals surface area contributed by atoms with Crippen LogP contribution < -0.4 is 5.56 Å². The van der Waals surface area contributed by atoms with E-state index in [0.717, 1.165) is 0 Å². The van der Waals surface area contributed by atoms with Gasteiger partial charge in [0, 0.05) is 25.2 Å². The average Bonchev–Trinajstić information content (AvgIpc) is 2.37. The van der Waals surface area contributed by atoms with Crippen LogP contribution in [0.1, 0.15) is 0 Å². The van der Waals surface area contributed by atoms with E-state index < -0.39 is 4.92 Å². The third-order valence-corrected chi connectivity index (χ3v) is 2.81. The van der Waals surface area contributed by atoms with Gasteiger partial charge in [-0.05, 0) is 20.2 Å². The minimum atomic E-state index is -0.518. The van der Waals surface area contributed by atoms with Crippen molar-refractivity contribution < 1.29 is 4.92 Å². The fourth-order valence-corrected chi connectivity index (χ4v) is 1.73. The first kappa shape index (κ1) is 13.2. The highest BCUT2D eigenvalue weighted by molar-refractivity contribution is 5.79. The molecule has 0 radical (unpaired) electrons. The highest BCUT2D eigenvalue weighted by Gasteiger charge is 2.10. The quantitative estimate of drug-likeness (QED) is 0.603. The van der Waals surface area contributed by atoms with Crippen molar-refractivity contribution in [3.63, 3.8) is 0 Å². The lowest BCUT2D eigenvalue weighted by atomic mass is 10.2. The summed E-state index contributed by atoms with van der Waals surface area (Å²) in [4.78, 5) is 28.5. The Morgan fingerprint density at radius 1 is 1.42 bits per heavy atom. The maximum Gasteiger partial charge on any atom is 0.270 e. The zero-order valence-electron chi connectivity index (χ0n) is 10.7. The molecule has 0 N–H and O–H groups in total. The molecule has 0 aliphatic carbocycles. The lowest BCUT2D eigenvalue weighted by molar-refractivity contribution is -0.384. The number of nitro groups is 1. The summed E-state index contributed by atoms with van der Waals surface area (Å²) in [5, 5.41) is 11.0. The van der Waals surface area contributed by atoms with Crippen LogP contribution in [0.15, 0.2) is 29.3 Å². The summed E-state index contributed by atoms with van der Waals surface area (Å²) in [7, 11) is 3.81. The van der Waals surface area contributed by atoms with Crippen molar-refractivity contribution in [1.29, 1.82) is 0 Å². The van der Waals surface area contributed by atoms with Crippen molar-refractivity contribution >= 4 is 16.6 Å². The van der Waals surface area contributed by atoms with Crippen LogP contribution in [0.5, 0.6) is 0 Å². The predicted molar refractivity (Wildman–Crippen MR) is 71.2 cm³/mol. The van der Waals surface area contributed by atoms with E-state index in [9.17, 15) is 14.9 Å². The van der Waals surface area contributed by atoms with Crippen LogP contribution in [0.25, 0.3) is 10.9 Å². The second kappa shape index (κ2) is 5.15. The van der Waals surface area contributed by atoms with E-state index >= 15 is 0 Å². The fourth-order valence-electron chi connectivity index (χ4n) is 1.73. The van der Waals surface area contributed by atoms with Crippen molar-refractivity contribution in [3.05, 3.63) is 45.0 Å². The minimum absolute atomic E-state index is 0.100. The molecule has 2 rings (SSSR count). The third kappa shape index (κ3) is 2.76. The van der Waals surface area contributed by atoms with Crippen molar-refractivity contribution in [2.75, 3.05) is 20.6 Å². The monoisotopic (exact) mass is 262 g/mol. The summed E-state index contributed by atoms with van der Waals surface area (Å²) in [5.41, 5.74) is 0.115. The molecule has 100 valence electrons. The van der Waals surface area contributed by atoms with E-state index in [0.29, 0.717) is 18.6 Å². The molecule has 0 aliphatic rings. The average molecular weight is 262 g/mol. The van der Waals surface area contributed by atoms with E-state index in [1.807, 2.05) is 19.0 Å². The Hall–Kier alpha value is -2.28. The van der Waals surface area contributed by atoms with Crippen LogP contribution >= 0.6 is 0 Å². The van der Waals surface area contributed by atoms with Crippen LogP contribution in [0.2, 0.25) is 0 Å². The highest BCUT2D eigenvalue weighted by Crippen LogP contribution is 2.16. The molecule has 2 aromatic rings. The Bertz CT molecular complexity index is 678. The molecule has 0 aliphatic heterocycles. The van der Waals surface area contributed by atoms with Gasteiger partial charge in [0.2, 0.25) is 0 Å². The molecular formula is C12H14N4O3. The Kier molecular flexibility index (Phi) is 3.57. The Morgan fingerprint density at radius 2 is 2.16 bits per heavy atom. The summed E-state index contributed by atoms with van der Waals surface area (Å²) in [6.07, 6.45) is 1.47.